The lowest BCUT2D eigenvalue weighted by molar-refractivity contribution is -0.121. The third-order valence-electron chi connectivity index (χ3n) is 4.46. The number of para-hydroxylation sites is 1. The average Bonchev–Trinajstić information content (AvgIpc) is 2.78. The second-order valence-electron chi connectivity index (χ2n) is 6.94. The molecule has 0 radical (unpaired) electrons. The summed E-state index contributed by atoms with van der Waals surface area (Å²) in [6, 6.07) is 8.26. The van der Waals surface area contributed by atoms with E-state index in [2.05, 4.69) is 50.5 Å². The second kappa shape index (κ2) is 5.86. The number of nitrogens with one attached hydrogen (secondary N) is 2. The van der Waals surface area contributed by atoms with Crippen LogP contribution in [0.25, 0.3) is 0 Å². The van der Waals surface area contributed by atoms with E-state index >= 15 is 0 Å². The van der Waals surface area contributed by atoms with Crippen molar-refractivity contribution in [1.29, 1.82) is 0 Å². The number of rotatable bonds is 4. The number of carbonyl (C=O) groups excluding carboxylic acids is 1. The van der Waals surface area contributed by atoms with Gasteiger partial charge >= 0.3 is 0 Å². The summed E-state index contributed by atoms with van der Waals surface area (Å²) in [4.78, 5) is 12.1. The van der Waals surface area contributed by atoms with E-state index in [0.29, 0.717) is 18.3 Å². The summed E-state index contributed by atoms with van der Waals surface area (Å²) in [5, 5.41) is 6.44. The van der Waals surface area contributed by atoms with Crippen LogP contribution in [0.15, 0.2) is 24.3 Å². The highest BCUT2D eigenvalue weighted by atomic mass is 16.1. The molecule has 1 aliphatic rings. The lowest BCUT2D eigenvalue weighted by Crippen LogP contribution is -2.34. The SMILES string of the molecule is CC(CNC(=O)CC1CNc2ccccc21)C(C)(C)C. The first-order valence-electron chi connectivity index (χ1n) is 7.47. The number of amides is 1. The van der Waals surface area contributed by atoms with Crippen molar-refractivity contribution in [1.82, 2.24) is 5.32 Å². The number of fused-ring (bicyclic) bond motifs is 1. The van der Waals surface area contributed by atoms with Crippen molar-refractivity contribution in [2.45, 2.75) is 40.0 Å². The van der Waals surface area contributed by atoms with Crippen LogP contribution in [-0.2, 0) is 4.79 Å². The van der Waals surface area contributed by atoms with E-state index in [1.807, 2.05) is 12.1 Å². The largest absolute Gasteiger partial charge is 0.384 e. The molecule has 0 saturated heterocycles. The molecule has 1 aromatic rings. The molecule has 2 atom stereocenters. The number of anilines is 1. The molecule has 3 nitrogen and oxygen atoms in total. The van der Waals surface area contributed by atoms with Gasteiger partial charge in [0, 0.05) is 31.1 Å². The van der Waals surface area contributed by atoms with Crippen molar-refractivity contribution in [3.8, 4) is 0 Å². The van der Waals surface area contributed by atoms with Crippen LogP contribution in [0.1, 0.15) is 45.6 Å². The first kappa shape index (κ1) is 14.9. The molecule has 0 aromatic heterocycles. The van der Waals surface area contributed by atoms with Crippen LogP contribution in [0.5, 0.6) is 0 Å². The summed E-state index contributed by atoms with van der Waals surface area (Å²) in [6.45, 7) is 10.4. The number of carbonyl (C=O) groups is 1. The quantitative estimate of drug-likeness (QED) is 0.883. The van der Waals surface area contributed by atoms with E-state index in [1.54, 1.807) is 0 Å². The van der Waals surface area contributed by atoms with E-state index in [-0.39, 0.29) is 11.3 Å². The maximum absolute atomic E-state index is 12.1. The molecule has 110 valence electrons. The van der Waals surface area contributed by atoms with Gasteiger partial charge in [-0.2, -0.15) is 0 Å². The van der Waals surface area contributed by atoms with Gasteiger partial charge in [-0.05, 0) is 23.0 Å². The fourth-order valence-electron chi connectivity index (χ4n) is 2.41. The predicted molar refractivity (Wildman–Crippen MR) is 83.9 cm³/mol. The van der Waals surface area contributed by atoms with Gasteiger partial charge in [0.1, 0.15) is 0 Å². The highest BCUT2D eigenvalue weighted by molar-refractivity contribution is 5.78. The second-order valence-corrected chi connectivity index (χ2v) is 6.94. The highest BCUT2D eigenvalue weighted by Crippen LogP contribution is 2.33. The summed E-state index contributed by atoms with van der Waals surface area (Å²) in [7, 11) is 0. The Hall–Kier alpha value is -1.51. The van der Waals surface area contributed by atoms with Crippen LogP contribution in [-0.4, -0.2) is 19.0 Å². The van der Waals surface area contributed by atoms with E-state index in [1.165, 1.54) is 11.3 Å². The van der Waals surface area contributed by atoms with Crippen LogP contribution in [0, 0.1) is 11.3 Å². The van der Waals surface area contributed by atoms with Gasteiger partial charge < -0.3 is 10.6 Å². The molecule has 2 unspecified atom stereocenters. The zero-order valence-electron chi connectivity index (χ0n) is 13.0. The Balaban J connectivity index is 1.85. The van der Waals surface area contributed by atoms with Crippen molar-refractivity contribution in [2.24, 2.45) is 11.3 Å². The third kappa shape index (κ3) is 3.53. The Labute approximate surface area is 122 Å². The Morgan fingerprint density at radius 3 is 2.80 bits per heavy atom. The summed E-state index contributed by atoms with van der Waals surface area (Å²) in [6.07, 6.45) is 0.570. The first-order valence-corrected chi connectivity index (χ1v) is 7.47. The van der Waals surface area contributed by atoms with Crippen molar-refractivity contribution in [3.05, 3.63) is 29.8 Å². The molecular weight excluding hydrogens is 248 g/mol. The van der Waals surface area contributed by atoms with Crippen LogP contribution in [0.4, 0.5) is 5.69 Å². The van der Waals surface area contributed by atoms with Crippen molar-refractivity contribution in [3.63, 3.8) is 0 Å². The Bertz CT molecular complexity index is 476. The number of hydrogen-bond donors (Lipinski definition) is 2. The smallest absolute Gasteiger partial charge is 0.220 e. The zero-order chi connectivity index (χ0) is 14.8. The maximum Gasteiger partial charge on any atom is 0.220 e. The minimum Gasteiger partial charge on any atom is -0.384 e. The Morgan fingerprint density at radius 1 is 1.40 bits per heavy atom. The van der Waals surface area contributed by atoms with Gasteiger partial charge in [-0.3, -0.25) is 4.79 Å². The van der Waals surface area contributed by atoms with Crippen LogP contribution in [0.3, 0.4) is 0 Å². The average molecular weight is 274 g/mol. The molecular formula is C17H26N2O. The van der Waals surface area contributed by atoms with Crippen LogP contribution in [0.2, 0.25) is 0 Å². The number of hydrogen-bond acceptors (Lipinski definition) is 2. The predicted octanol–water partition coefficient (Wildman–Crippen LogP) is 3.38. The monoisotopic (exact) mass is 274 g/mol. The summed E-state index contributed by atoms with van der Waals surface area (Å²) >= 11 is 0. The Morgan fingerprint density at radius 2 is 2.10 bits per heavy atom. The van der Waals surface area contributed by atoms with Gasteiger partial charge in [-0.15, -0.1) is 0 Å². The van der Waals surface area contributed by atoms with Gasteiger partial charge in [-0.25, -0.2) is 0 Å². The molecule has 1 amide bonds. The fourth-order valence-corrected chi connectivity index (χ4v) is 2.41. The van der Waals surface area contributed by atoms with E-state index in [0.717, 1.165) is 13.1 Å². The fraction of sp³-hybridized carbons (Fsp3) is 0.588. The Kier molecular flexibility index (Phi) is 4.36. The normalized spacial score (nSPS) is 19.1. The molecule has 1 aromatic carbocycles. The van der Waals surface area contributed by atoms with Crippen molar-refractivity contribution >= 4 is 11.6 Å². The summed E-state index contributed by atoms with van der Waals surface area (Å²) < 4.78 is 0. The van der Waals surface area contributed by atoms with Gasteiger partial charge in [0.15, 0.2) is 0 Å². The molecule has 3 heteroatoms. The third-order valence-corrected chi connectivity index (χ3v) is 4.46. The molecule has 1 aliphatic heterocycles. The molecule has 0 aliphatic carbocycles. The van der Waals surface area contributed by atoms with E-state index < -0.39 is 0 Å². The van der Waals surface area contributed by atoms with Crippen molar-refractivity contribution in [2.75, 3.05) is 18.4 Å². The molecule has 2 rings (SSSR count). The summed E-state index contributed by atoms with van der Waals surface area (Å²) in [5.74, 6) is 0.932. The van der Waals surface area contributed by atoms with Crippen LogP contribution < -0.4 is 10.6 Å². The topological polar surface area (TPSA) is 41.1 Å². The number of benzene rings is 1. The van der Waals surface area contributed by atoms with Gasteiger partial charge in [0.25, 0.3) is 0 Å². The minimum atomic E-state index is 0.157. The highest BCUT2D eigenvalue weighted by Gasteiger charge is 2.25. The maximum atomic E-state index is 12.1. The molecule has 1 heterocycles. The minimum absolute atomic E-state index is 0.157. The van der Waals surface area contributed by atoms with E-state index in [4.69, 9.17) is 0 Å². The van der Waals surface area contributed by atoms with Crippen molar-refractivity contribution < 1.29 is 4.79 Å². The molecule has 0 spiro atoms. The molecule has 0 bridgehead atoms. The molecule has 20 heavy (non-hydrogen) atoms. The lowest BCUT2D eigenvalue weighted by atomic mass is 9.82. The lowest BCUT2D eigenvalue weighted by Gasteiger charge is -2.27. The van der Waals surface area contributed by atoms with Crippen LogP contribution >= 0.6 is 0 Å². The molecule has 0 fully saturated rings. The zero-order valence-corrected chi connectivity index (χ0v) is 13.0. The van der Waals surface area contributed by atoms with Gasteiger partial charge in [0.05, 0.1) is 0 Å². The van der Waals surface area contributed by atoms with E-state index in [9.17, 15) is 4.79 Å². The first-order chi connectivity index (χ1) is 9.38. The summed E-state index contributed by atoms with van der Waals surface area (Å²) in [5.41, 5.74) is 2.68. The molecule has 0 saturated carbocycles. The van der Waals surface area contributed by atoms with Gasteiger partial charge in [-0.1, -0.05) is 45.9 Å². The van der Waals surface area contributed by atoms with Gasteiger partial charge in [0.2, 0.25) is 5.91 Å². The standard InChI is InChI=1S/C17H26N2O/c1-12(17(2,3)4)10-19-16(20)9-13-11-18-15-8-6-5-7-14(13)15/h5-8,12-13,18H,9-11H2,1-4H3,(H,19,20). The molecule has 2 N–H and O–H groups in total.